The van der Waals surface area contributed by atoms with Crippen molar-refractivity contribution < 1.29 is 9.63 Å². The van der Waals surface area contributed by atoms with Crippen LogP contribution in [0.3, 0.4) is 0 Å². The van der Waals surface area contributed by atoms with Crippen LogP contribution in [0, 0.1) is 0 Å². The average molecular weight is 216 g/mol. The van der Waals surface area contributed by atoms with E-state index in [1.54, 1.807) is 0 Å². The van der Waals surface area contributed by atoms with Gasteiger partial charge < -0.3 is 5.32 Å². The summed E-state index contributed by atoms with van der Waals surface area (Å²) < 4.78 is 0. The highest BCUT2D eigenvalue weighted by Gasteiger charge is 1.99. The molecule has 0 heterocycles. The molecule has 0 aliphatic rings. The Hall–Kier alpha value is -0.610. The molecule has 0 atom stereocenters. The Morgan fingerprint density at radius 2 is 1.93 bits per heavy atom. The lowest BCUT2D eigenvalue weighted by Gasteiger charge is -2.04. The lowest BCUT2D eigenvalue weighted by atomic mass is 10.1. The van der Waals surface area contributed by atoms with Crippen LogP contribution in [-0.4, -0.2) is 26.1 Å². The molecule has 0 aromatic rings. The summed E-state index contributed by atoms with van der Waals surface area (Å²) in [5, 5.41) is 3.10. The molecule has 0 aromatic carbocycles. The predicted octanol–water partition coefficient (Wildman–Crippen LogP) is 1.61. The first-order chi connectivity index (χ1) is 7.31. The molecule has 1 amide bonds. The van der Waals surface area contributed by atoms with Gasteiger partial charge in [0.15, 0.2) is 0 Å². The molecule has 2 N–H and O–H groups in total. The summed E-state index contributed by atoms with van der Waals surface area (Å²) in [7, 11) is 1.96. The Kier molecular flexibility index (Phi) is 11.0. The van der Waals surface area contributed by atoms with Crippen molar-refractivity contribution in [2.45, 2.75) is 45.4 Å². The molecule has 4 heteroatoms. The van der Waals surface area contributed by atoms with Gasteiger partial charge in [-0.05, 0) is 32.9 Å². The zero-order valence-corrected chi connectivity index (χ0v) is 9.97. The van der Waals surface area contributed by atoms with E-state index in [4.69, 9.17) is 4.84 Å². The molecule has 0 bridgehead atoms. The topological polar surface area (TPSA) is 50.4 Å². The highest BCUT2D eigenvalue weighted by Crippen LogP contribution is 2.02. The van der Waals surface area contributed by atoms with Gasteiger partial charge in [0.2, 0.25) is 5.91 Å². The summed E-state index contributed by atoms with van der Waals surface area (Å²) in [5.74, 6) is -0.00272. The van der Waals surface area contributed by atoms with Crippen molar-refractivity contribution in [3.05, 3.63) is 0 Å². The minimum atomic E-state index is -0.00272. The first-order valence-electron chi connectivity index (χ1n) is 5.86. The van der Waals surface area contributed by atoms with Gasteiger partial charge >= 0.3 is 0 Å². The van der Waals surface area contributed by atoms with Gasteiger partial charge in [-0.1, -0.05) is 19.8 Å². The number of rotatable bonds is 10. The minimum absolute atomic E-state index is 0.00272. The number of hydrogen-bond acceptors (Lipinski definition) is 3. The van der Waals surface area contributed by atoms with Crippen LogP contribution in [-0.2, 0) is 9.63 Å². The number of hydroxylamine groups is 1. The van der Waals surface area contributed by atoms with Crippen molar-refractivity contribution in [1.29, 1.82) is 0 Å². The van der Waals surface area contributed by atoms with Crippen LogP contribution in [0.15, 0.2) is 0 Å². The summed E-state index contributed by atoms with van der Waals surface area (Å²) in [4.78, 5) is 16.1. The number of carbonyl (C=O) groups excluding carboxylic acids is 1. The highest BCUT2D eigenvalue weighted by molar-refractivity contribution is 5.74. The van der Waals surface area contributed by atoms with Gasteiger partial charge in [0.05, 0.1) is 6.61 Å². The van der Waals surface area contributed by atoms with Gasteiger partial charge in [-0.3, -0.25) is 9.63 Å². The lowest BCUT2D eigenvalue weighted by Crippen LogP contribution is -2.23. The maximum Gasteiger partial charge on any atom is 0.243 e. The number of hydrogen-bond donors (Lipinski definition) is 2. The van der Waals surface area contributed by atoms with E-state index in [-0.39, 0.29) is 5.91 Å². The highest BCUT2D eigenvalue weighted by atomic mass is 16.6. The summed E-state index contributed by atoms with van der Waals surface area (Å²) in [6.07, 6.45) is 5.93. The van der Waals surface area contributed by atoms with Crippen LogP contribution in [0.4, 0.5) is 0 Å². The van der Waals surface area contributed by atoms with Crippen molar-refractivity contribution in [1.82, 2.24) is 10.8 Å². The second-order valence-electron chi connectivity index (χ2n) is 3.64. The SMILES string of the molecule is CCCONC(=O)CCCCCCNC. The van der Waals surface area contributed by atoms with Gasteiger partial charge in [-0.15, -0.1) is 0 Å². The van der Waals surface area contributed by atoms with Crippen LogP contribution in [0.2, 0.25) is 0 Å². The third-order valence-electron chi connectivity index (χ3n) is 2.07. The quantitative estimate of drug-likeness (QED) is 0.431. The van der Waals surface area contributed by atoms with Crippen LogP contribution < -0.4 is 10.8 Å². The summed E-state index contributed by atoms with van der Waals surface area (Å²) in [6.45, 7) is 3.66. The lowest BCUT2D eigenvalue weighted by molar-refractivity contribution is -0.133. The van der Waals surface area contributed by atoms with E-state index >= 15 is 0 Å². The molecule has 0 rings (SSSR count). The Balaban J connectivity index is 3.10. The fourth-order valence-electron chi connectivity index (χ4n) is 1.23. The molecular weight excluding hydrogens is 192 g/mol. The molecule has 0 saturated carbocycles. The third-order valence-corrected chi connectivity index (χ3v) is 2.07. The molecule has 0 aliphatic carbocycles. The van der Waals surface area contributed by atoms with E-state index in [2.05, 4.69) is 10.8 Å². The van der Waals surface area contributed by atoms with Gasteiger partial charge in [0.1, 0.15) is 0 Å². The molecule has 0 radical (unpaired) electrons. The second-order valence-corrected chi connectivity index (χ2v) is 3.64. The summed E-state index contributed by atoms with van der Waals surface area (Å²) in [6, 6.07) is 0. The smallest absolute Gasteiger partial charge is 0.243 e. The molecule has 15 heavy (non-hydrogen) atoms. The van der Waals surface area contributed by atoms with Crippen LogP contribution in [0.25, 0.3) is 0 Å². The van der Waals surface area contributed by atoms with E-state index in [9.17, 15) is 4.79 Å². The molecule has 4 nitrogen and oxygen atoms in total. The first kappa shape index (κ1) is 14.4. The molecular formula is C11H24N2O2. The monoisotopic (exact) mass is 216 g/mol. The average Bonchev–Trinajstić information content (AvgIpc) is 2.23. The second kappa shape index (κ2) is 11.5. The third kappa shape index (κ3) is 11.3. The van der Waals surface area contributed by atoms with Gasteiger partial charge in [-0.2, -0.15) is 0 Å². The molecule has 0 fully saturated rings. The Morgan fingerprint density at radius 3 is 2.60 bits per heavy atom. The zero-order chi connectivity index (χ0) is 11.4. The predicted molar refractivity (Wildman–Crippen MR) is 61.4 cm³/mol. The number of nitrogens with one attached hydrogen (secondary N) is 2. The van der Waals surface area contributed by atoms with Crippen molar-refractivity contribution in [2.75, 3.05) is 20.2 Å². The van der Waals surface area contributed by atoms with Crippen LogP contribution in [0.1, 0.15) is 45.4 Å². The van der Waals surface area contributed by atoms with Gasteiger partial charge in [0, 0.05) is 6.42 Å². The van der Waals surface area contributed by atoms with Crippen molar-refractivity contribution in [2.24, 2.45) is 0 Å². The Bertz CT molecular complexity index is 152. The standard InChI is InChI=1S/C11H24N2O2/c1-3-10-15-13-11(14)8-6-4-5-7-9-12-2/h12H,3-10H2,1-2H3,(H,13,14). The van der Waals surface area contributed by atoms with E-state index < -0.39 is 0 Å². The zero-order valence-electron chi connectivity index (χ0n) is 9.97. The normalized spacial score (nSPS) is 10.3. The van der Waals surface area contributed by atoms with Crippen LogP contribution >= 0.6 is 0 Å². The summed E-state index contributed by atoms with van der Waals surface area (Å²) in [5.41, 5.74) is 2.43. The van der Waals surface area contributed by atoms with Crippen molar-refractivity contribution in [3.63, 3.8) is 0 Å². The molecule has 0 saturated heterocycles. The molecule has 0 aliphatic heterocycles. The van der Waals surface area contributed by atoms with E-state index in [1.165, 1.54) is 12.8 Å². The molecule has 0 unspecified atom stereocenters. The van der Waals surface area contributed by atoms with E-state index in [0.717, 1.165) is 25.8 Å². The van der Waals surface area contributed by atoms with E-state index in [1.807, 2.05) is 14.0 Å². The van der Waals surface area contributed by atoms with Gasteiger partial charge in [0.25, 0.3) is 0 Å². The van der Waals surface area contributed by atoms with Crippen molar-refractivity contribution >= 4 is 5.91 Å². The maximum atomic E-state index is 11.2. The largest absolute Gasteiger partial charge is 0.320 e. The number of amides is 1. The van der Waals surface area contributed by atoms with Gasteiger partial charge in [-0.25, -0.2) is 5.48 Å². The molecule has 0 spiro atoms. The van der Waals surface area contributed by atoms with E-state index in [0.29, 0.717) is 13.0 Å². The summed E-state index contributed by atoms with van der Waals surface area (Å²) >= 11 is 0. The number of unbranched alkanes of at least 4 members (excludes halogenated alkanes) is 3. The number of carbonyl (C=O) groups is 1. The molecule has 90 valence electrons. The molecule has 0 aromatic heterocycles. The Morgan fingerprint density at radius 1 is 1.20 bits per heavy atom. The fourth-order valence-corrected chi connectivity index (χ4v) is 1.23. The first-order valence-corrected chi connectivity index (χ1v) is 5.86. The van der Waals surface area contributed by atoms with Crippen LogP contribution in [0.5, 0.6) is 0 Å². The maximum absolute atomic E-state index is 11.2. The Labute approximate surface area is 92.7 Å². The minimum Gasteiger partial charge on any atom is -0.320 e. The fraction of sp³-hybridized carbons (Fsp3) is 0.909. The van der Waals surface area contributed by atoms with Crippen molar-refractivity contribution in [3.8, 4) is 0 Å².